The van der Waals surface area contributed by atoms with Crippen LogP contribution in [0.25, 0.3) is 11.4 Å². The zero-order valence-corrected chi connectivity index (χ0v) is 16.8. The Morgan fingerprint density at radius 2 is 1.93 bits per heavy atom. The first-order chi connectivity index (χ1) is 13.5. The molecule has 0 saturated carbocycles. The van der Waals surface area contributed by atoms with Crippen molar-refractivity contribution in [3.63, 3.8) is 0 Å². The molecule has 1 aromatic heterocycles. The molecule has 1 heterocycles. The predicted octanol–water partition coefficient (Wildman–Crippen LogP) is 4.69. The van der Waals surface area contributed by atoms with E-state index < -0.39 is 0 Å². The van der Waals surface area contributed by atoms with Gasteiger partial charge in [0.2, 0.25) is 17.6 Å². The average Bonchev–Trinajstić information content (AvgIpc) is 3.17. The van der Waals surface area contributed by atoms with E-state index in [1.54, 1.807) is 12.1 Å². The Balaban J connectivity index is 1.49. The standard InChI is InChI=1S/C20H19Cl2N3O3/c1-2-27-15-7-5-14(6-8-15)20-24-19(28-25-20)12-23-18(26)10-4-13-3-9-16(21)17(22)11-13/h3,5-9,11H,2,4,10,12H2,1H3,(H,23,26). The second-order valence-corrected chi connectivity index (χ2v) is 6.81. The summed E-state index contributed by atoms with van der Waals surface area (Å²) < 4.78 is 10.6. The van der Waals surface area contributed by atoms with Gasteiger partial charge in [0.15, 0.2) is 0 Å². The molecule has 0 bridgehead atoms. The molecule has 1 amide bonds. The molecule has 1 N–H and O–H groups in total. The smallest absolute Gasteiger partial charge is 0.246 e. The molecule has 6 nitrogen and oxygen atoms in total. The second-order valence-electron chi connectivity index (χ2n) is 5.99. The number of hydrogen-bond acceptors (Lipinski definition) is 5. The van der Waals surface area contributed by atoms with Crippen molar-refractivity contribution in [3.8, 4) is 17.1 Å². The van der Waals surface area contributed by atoms with E-state index in [1.807, 2.05) is 37.3 Å². The van der Waals surface area contributed by atoms with E-state index in [2.05, 4.69) is 15.5 Å². The van der Waals surface area contributed by atoms with Crippen molar-refractivity contribution in [2.75, 3.05) is 6.61 Å². The highest BCUT2D eigenvalue weighted by Crippen LogP contribution is 2.23. The highest BCUT2D eigenvalue weighted by Gasteiger charge is 2.10. The SMILES string of the molecule is CCOc1ccc(-c2noc(CNC(=O)CCc3ccc(Cl)c(Cl)c3)n2)cc1. The van der Waals surface area contributed by atoms with E-state index in [1.165, 1.54) is 0 Å². The number of carbonyl (C=O) groups excluding carboxylic acids is 1. The molecule has 3 rings (SSSR count). The lowest BCUT2D eigenvalue weighted by atomic mass is 10.1. The number of ether oxygens (including phenoxy) is 1. The molecule has 0 atom stereocenters. The maximum atomic E-state index is 12.0. The molecule has 0 saturated heterocycles. The van der Waals surface area contributed by atoms with Crippen molar-refractivity contribution in [1.29, 1.82) is 0 Å². The number of nitrogens with zero attached hydrogens (tertiary/aromatic N) is 2. The summed E-state index contributed by atoms with van der Waals surface area (Å²) >= 11 is 11.9. The van der Waals surface area contributed by atoms with Gasteiger partial charge in [-0.3, -0.25) is 4.79 Å². The number of amides is 1. The van der Waals surface area contributed by atoms with Crippen molar-refractivity contribution >= 4 is 29.1 Å². The number of rotatable bonds is 8. The summed E-state index contributed by atoms with van der Waals surface area (Å²) in [7, 11) is 0. The van der Waals surface area contributed by atoms with Crippen LogP contribution in [0.1, 0.15) is 24.8 Å². The quantitative estimate of drug-likeness (QED) is 0.572. The molecular weight excluding hydrogens is 401 g/mol. The van der Waals surface area contributed by atoms with Crippen LogP contribution < -0.4 is 10.1 Å². The summed E-state index contributed by atoms with van der Waals surface area (Å²) in [6, 6.07) is 12.7. The van der Waals surface area contributed by atoms with Gasteiger partial charge < -0.3 is 14.6 Å². The fourth-order valence-electron chi connectivity index (χ4n) is 2.53. The molecule has 3 aromatic rings. The Labute approximate surface area is 172 Å². The van der Waals surface area contributed by atoms with Crippen molar-refractivity contribution in [3.05, 3.63) is 64.0 Å². The lowest BCUT2D eigenvalue weighted by Gasteiger charge is -2.04. The minimum atomic E-state index is -0.119. The van der Waals surface area contributed by atoms with Crippen molar-refractivity contribution in [2.24, 2.45) is 0 Å². The fraction of sp³-hybridized carbons (Fsp3) is 0.250. The number of nitrogens with one attached hydrogen (secondary N) is 1. The van der Waals surface area contributed by atoms with Crippen LogP contribution >= 0.6 is 23.2 Å². The molecule has 0 radical (unpaired) electrons. The maximum Gasteiger partial charge on any atom is 0.246 e. The Morgan fingerprint density at radius 3 is 2.64 bits per heavy atom. The minimum Gasteiger partial charge on any atom is -0.494 e. The Bertz CT molecular complexity index is 942. The maximum absolute atomic E-state index is 12.0. The number of aryl methyl sites for hydroxylation is 1. The lowest BCUT2D eigenvalue weighted by Crippen LogP contribution is -2.23. The summed E-state index contributed by atoms with van der Waals surface area (Å²) in [6.07, 6.45) is 0.877. The summed E-state index contributed by atoms with van der Waals surface area (Å²) in [5.74, 6) is 1.46. The lowest BCUT2D eigenvalue weighted by molar-refractivity contribution is -0.121. The average molecular weight is 420 g/mol. The van der Waals surface area contributed by atoms with E-state index in [4.69, 9.17) is 32.5 Å². The van der Waals surface area contributed by atoms with E-state index >= 15 is 0 Å². The Hall–Kier alpha value is -2.57. The summed E-state index contributed by atoms with van der Waals surface area (Å²) in [5.41, 5.74) is 1.75. The van der Waals surface area contributed by atoms with Crippen molar-refractivity contribution < 1.29 is 14.1 Å². The number of hydrogen-bond donors (Lipinski definition) is 1. The topological polar surface area (TPSA) is 77.3 Å². The minimum absolute atomic E-state index is 0.119. The highest BCUT2D eigenvalue weighted by molar-refractivity contribution is 6.42. The molecule has 28 heavy (non-hydrogen) atoms. The number of aromatic nitrogens is 2. The van der Waals surface area contributed by atoms with Gasteiger partial charge in [-0.1, -0.05) is 34.4 Å². The monoisotopic (exact) mass is 419 g/mol. The number of benzene rings is 2. The summed E-state index contributed by atoms with van der Waals surface area (Å²) in [6.45, 7) is 2.71. The molecule has 0 unspecified atom stereocenters. The van der Waals surface area contributed by atoms with Crippen LogP contribution in [0.4, 0.5) is 0 Å². The van der Waals surface area contributed by atoms with Crippen molar-refractivity contribution in [1.82, 2.24) is 15.5 Å². The van der Waals surface area contributed by atoms with Crippen LogP contribution in [0.2, 0.25) is 10.0 Å². The molecule has 8 heteroatoms. The molecule has 0 aliphatic heterocycles. The van der Waals surface area contributed by atoms with Crippen LogP contribution in [0.3, 0.4) is 0 Å². The van der Waals surface area contributed by atoms with Gasteiger partial charge in [0.05, 0.1) is 23.2 Å². The normalized spacial score (nSPS) is 10.7. The Morgan fingerprint density at radius 1 is 1.14 bits per heavy atom. The highest BCUT2D eigenvalue weighted by atomic mass is 35.5. The van der Waals surface area contributed by atoms with Gasteiger partial charge in [0.1, 0.15) is 5.75 Å². The molecule has 0 spiro atoms. The van der Waals surface area contributed by atoms with Crippen LogP contribution in [0, 0.1) is 0 Å². The molecule has 0 aliphatic rings. The largest absolute Gasteiger partial charge is 0.494 e. The molecule has 0 fully saturated rings. The number of carbonyl (C=O) groups is 1. The fourth-order valence-corrected chi connectivity index (χ4v) is 2.85. The number of halogens is 2. The first-order valence-corrected chi connectivity index (χ1v) is 9.57. The van der Waals surface area contributed by atoms with E-state index in [0.717, 1.165) is 16.9 Å². The van der Waals surface area contributed by atoms with Gasteiger partial charge in [-0.25, -0.2) is 0 Å². The van der Waals surface area contributed by atoms with E-state index in [9.17, 15) is 4.79 Å². The first kappa shape index (κ1) is 20.2. The summed E-state index contributed by atoms with van der Waals surface area (Å²) in [4.78, 5) is 16.3. The zero-order chi connectivity index (χ0) is 19.9. The first-order valence-electron chi connectivity index (χ1n) is 8.81. The van der Waals surface area contributed by atoms with Crippen LogP contribution in [0.15, 0.2) is 47.0 Å². The van der Waals surface area contributed by atoms with Gasteiger partial charge in [0.25, 0.3) is 0 Å². The van der Waals surface area contributed by atoms with Crippen LogP contribution in [-0.4, -0.2) is 22.7 Å². The van der Waals surface area contributed by atoms with Gasteiger partial charge >= 0.3 is 0 Å². The third-order valence-electron chi connectivity index (χ3n) is 3.95. The van der Waals surface area contributed by atoms with Gasteiger partial charge in [-0.2, -0.15) is 4.98 Å². The third-order valence-corrected chi connectivity index (χ3v) is 4.69. The third kappa shape index (κ3) is 5.47. The van der Waals surface area contributed by atoms with E-state index in [0.29, 0.717) is 41.2 Å². The predicted molar refractivity (Wildman–Crippen MR) is 108 cm³/mol. The summed E-state index contributed by atoms with van der Waals surface area (Å²) in [5, 5.41) is 7.69. The molecule has 146 valence electrons. The second kappa shape index (κ2) is 9.57. The van der Waals surface area contributed by atoms with Gasteiger partial charge in [-0.05, 0) is 55.3 Å². The van der Waals surface area contributed by atoms with Crippen LogP contribution in [-0.2, 0) is 17.8 Å². The Kier molecular flexibility index (Phi) is 6.90. The van der Waals surface area contributed by atoms with Gasteiger partial charge in [-0.15, -0.1) is 0 Å². The van der Waals surface area contributed by atoms with Crippen molar-refractivity contribution in [2.45, 2.75) is 26.3 Å². The molecule has 0 aliphatic carbocycles. The zero-order valence-electron chi connectivity index (χ0n) is 15.2. The van der Waals surface area contributed by atoms with Crippen LogP contribution in [0.5, 0.6) is 5.75 Å². The van der Waals surface area contributed by atoms with Gasteiger partial charge in [0, 0.05) is 12.0 Å². The molecule has 2 aromatic carbocycles. The molecular formula is C20H19Cl2N3O3. The van der Waals surface area contributed by atoms with E-state index in [-0.39, 0.29) is 12.5 Å².